The summed E-state index contributed by atoms with van der Waals surface area (Å²) in [4.78, 5) is 37.9. The third-order valence-electron chi connectivity index (χ3n) is 5.35. The van der Waals surface area contributed by atoms with E-state index in [1.165, 1.54) is 17.2 Å². The zero-order chi connectivity index (χ0) is 23.3. The number of aliphatic hydroxyl groups is 1. The van der Waals surface area contributed by atoms with Crippen LogP contribution in [0.15, 0.2) is 59.5 Å². The molecule has 5 atom stereocenters. The first kappa shape index (κ1) is 24.1. The SMILES string of the molecule is NC(=O)[C@H](Cc1ccccc1)NC(=O)[C@H](CC1Sc2ccccc2C1Cl)[C@H](O)C(=O)NO. The Kier molecular flexibility index (Phi) is 8.14. The molecule has 0 aromatic heterocycles. The number of hydrogen-bond donors (Lipinski definition) is 5. The van der Waals surface area contributed by atoms with Crippen LogP contribution in [0.25, 0.3) is 0 Å². The van der Waals surface area contributed by atoms with Crippen molar-refractivity contribution in [2.24, 2.45) is 11.7 Å². The largest absolute Gasteiger partial charge is 0.382 e. The van der Waals surface area contributed by atoms with Gasteiger partial charge >= 0.3 is 0 Å². The molecule has 0 fully saturated rings. The van der Waals surface area contributed by atoms with Gasteiger partial charge in [0.15, 0.2) is 0 Å². The van der Waals surface area contributed by atoms with Gasteiger partial charge in [0.25, 0.3) is 5.91 Å². The molecule has 1 aliphatic heterocycles. The zero-order valence-corrected chi connectivity index (χ0v) is 18.6. The van der Waals surface area contributed by atoms with E-state index in [0.717, 1.165) is 16.0 Å². The molecule has 1 aliphatic rings. The number of alkyl halides is 1. The lowest BCUT2D eigenvalue weighted by Crippen LogP contribution is -2.52. The number of hydroxylamine groups is 1. The average Bonchev–Trinajstić information content (AvgIpc) is 3.12. The van der Waals surface area contributed by atoms with Gasteiger partial charge in [-0.3, -0.25) is 19.6 Å². The molecule has 0 bridgehead atoms. The standard InChI is InChI=1S/C22H24ClN3O5S/c23-18-13-8-4-5-9-16(13)32-17(18)11-14(19(27)22(30)26-31)21(29)25-15(20(24)28)10-12-6-2-1-3-7-12/h1-9,14-15,17-19,27,31H,10-11H2,(H2,24,28)(H,25,29)(H,26,30)/t14-,15+,17?,18?,19+/m1/s1. The molecule has 3 amide bonds. The summed E-state index contributed by atoms with van der Waals surface area (Å²) in [6, 6.07) is 15.5. The summed E-state index contributed by atoms with van der Waals surface area (Å²) < 4.78 is 0. The van der Waals surface area contributed by atoms with Crippen LogP contribution in [-0.2, 0) is 20.8 Å². The Morgan fingerprint density at radius 1 is 1.06 bits per heavy atom. The van der Waals surface area contributed by atoms with Crippen molar-refractivity contribution in [1.29, 1.82) is 0 Å². The number of rotatable bonds is 9. The predicted octanol–water partition coefficient (Wildman–Crippen LogP) is 1.53. The number of carbonyl (C=O) groups excluding carboxylic acids is 3. The van der Waals surface area contributed by atoms with Gasteiger partial charge in [-0.15, -0.1) is 23.4 Å². The molecule has 0 spiro atoms. The molecule has 32 heavy (non-hydrogen) atoms. The maximum absolute atomic E-state index is 13.1. The minimum absolute atomic E-state index is 0.0325. The number of nitrogens with one attached hydrogen (secondary N) is 2. The van der Waals surface area contributed by atoms with Gasteiger partial charge in [0.1, 0.15) is 12.1 Å². The zero-order valence-electron chi connectivity index (χ0n) is 17.0. The van der Waals surface area contributed by atoms with Crippen LogP contribution in [0.1, 0.15) is 22.9 Å². The average molecular weight is 478 g/mol. The van der Waals surface area contributed by atoms with E-state index < -0.39 is 41.2 Å². The summed E-state index contributed by atoms with van der Waals surface area (Å²) in [5.74, 6) is -3.88. The minimum Gasteiger partial charge on any atom is -0.382 e. The van der Waals surface area contributed by atoms with Crippen LogP contribution in [0, 0.1) is 5.92 Å². The highest BCUT2D eigenvalue weighted by Gasteiger charge is 2.40. The lowest BCUT2D eigenvalue weighted by Gasteiger charge is -2.26. The highest BCUT2D eigenvalue weighted by molar-refractivity contribution is 8.00. The molecule has 2 aromatic rings. The van der Waals surface area contributed by atoms with Crippen molar-refractivity contribution in [2.45, 2.75) is 40.5 Å². The Morgan fingerprint density at radius 2 is 1.72 bits per heavy atom. The van der Waals surface area contributed by atoms with Crippen molar-refractivity contribution >= 4 is 41.1 Å². The molecule has 1 heterocycles. The lowest BCUT2D eigenvalue weighted by molar-refractivity contribution is -0.146. The van der Waals surface area contributed by atoms with Crippen molar-refractivity contribution < 1.29 is 24.7 Å². The summed E-state index contributed by atoms with van der Waals surface area (Å²) in [7, 11) is 0. The van der Waals surface area contributed by atoms with Gasteiger partial charge in [-0.25, -0.2) is 5.48 Å². The molecule has 2 aromatic carbocycles. The van der Waals surface area contributed by atoms with E-state index in [9.17, 15) is 19.5 Å². The molecule has 8 nitrogen and oxygen atoms in total. The van der Waals surface area contributed by atoms with Gasteiger partial charge in [-0.1, -0.05) is 48.5 Å². The molecule has 170 valence electrons. The van der Waals surface area contributed by atoms with E-state index in [4.69, 9.17) is 22.5 Å². The Hall–Kier alpha value is -2.59. The van der Waals surface area contributed by atoms with E-state index >= 15 is 0 Å². The third kappa shape index (κ3) is 5.60. The van der Waals surface area contributed by atoms with Crippen LogP contribution in [0.3, 0.4) is 0 Å². The van der Waals surface area contributed by atoms with E-state index in [1.807, 2.05) is 30.3 Å². The molecule has 0 saturated carbocycles. The highest BCUT2D eigenvalue weighted by atomic mass is 35.5. The molecule has 0 radical (unpaired) electrons. The second kappa shape index (κ2) is 10.8. The fraction of sp³-hybridized carbons (Fsp3) is 0.318. The van der Waals surface area contributed by atoms with Crippen LogP contribution >= 0.6 is 23.4 Å². The van der Waals surface area contributed by atoms with Gasteiger partial charge in [0, 0.05) is 16.6 Å². The monoisotopic (exact) mass is 477 g/mol. The molecule has 0 saturated heterocycles. The fourth-order valence-electron chi connectivity index (χ4n) is 3.64. The first-order valence-corrected chi connectivity index (χ1v) is 11.3. The molecule has 0 aliphatic carbocycles. The normalized spacial score (nSPS) is 20.0. The quantitative estimate of drug-likeness (QED) is 0.210. The topological polar surface area (TPSA) is 142 Å². The van der Waals surface area contributed by atoms with Crippen LogP contribution in [0.4, 0.5) is 0 Å². The Morgan fingerprint density at radius 3 is 2.34 bits per heavy atom. The number of halogens is 1. The number of benzene rings is 2. The van der Waals surface area contributed by atoms with Gasteiger partial charge < -0.3 is 16.2 Å². The summed E-state index contributed by atoms with van der Waals surface area (Å²) >= 11 is 8.03. The maximum Gasteiger partial charge on any atom is 0.272 e. The van der Waals surface area contributed by atoms with E-state index in [2.05, 4.69) is 5.32 Å². The maximum atomic E-state index is 13.1. The lowest BCUT2D eigenvalue weighted by atomic mass is 9.92. The van der Waals surface area contributed by atoms with Crippen LogP contribution < -0.4 is 16.5 Å². The van der Waals surface area contributed by atoms with Crippen molar-refractivity contribution in [3.05, 3.63) is 65.7 Å². The van der Waals surface area contributed by atoms with E-state index in [1.54, 1.807) is 24.3 Å². The fourth-order valence-corrected chi connectivity index (χ4v) is 5.53. The summed E-state index contributed by atoms with van der Waals surface area (Å²) in [6.45, 7) is 0. The number of amides is 3. The Labute approximate surface area is 194 Å². The number of fused-ring (bicyclic) bond motifs is 1. The third-order valence-corrected chi connectivity index (χ3v) is 7.43. The number of hydrogen-bond acceptors (Lipinski definition) is 6. The van der Waals surface area contributed by atoms with Gasteiger partial charge in [-0.2, -0.15) is 0 Å². The highest BCUT2D eigenvalue weighted by Crippen LogP contribution is 2.49. The van der Waals surface area contributed by atoms with Crippen LogP contribution in [-0.4, -0.2) is 45.4 Å². The first-order chi connectivity index (χ1) is 15.3. The van der Waals surface area contributed by atoms with Crippen LogP contribution in [0.2, 0.25) is 0 Å². The Bertz CT molecular complexity index is 977. The van der Waals surface area contributed by atoms with Crippen molar-refractivity contribution in [1.82, 2.24) is 10.8 Å². The van der Waals surface area contributed by atoms with Crippen molar-refractivity contribution in [2.75, 3.05) is 0 Å². The second-order valence-corrected chi connectivity index (χ2v) is 9.26. The summed E-state index contributed by atoms with van der Waals surface area (Å²) in [5, 5.41) is 21.2. The predicted molar refractivity (Wildman–Crippen MR) is 120 cm³/mol. The molecular weight excluding hydrogens is 454 g/mol. The molecule has 6 N–H and O–H groups in total. The van der Waals surface area contributed by atoms with E-state index in [-0.39, 0.29) is 18.1 Å². The van der Waals surface area contributed by atoms with Crippen molar-refractivity contribution in [3.63, 3.8) is 0 Å². The molecular formula is C22H24ClN3O5S. The van der Waals surface area contributed by atoms with Gasteiger partial charge in [0.2, 0.25) is 11.8 Å². The second-order valence-electron chi connectivity index (χ2n) is 7.51. The number of thioether (sulfide) groups is 1. The Balaban J connectivity index is 1.78. The number of nitrogens with two attached hydrogens (primary N) is 1. The smallest absolute Gasteiger partial charge is 0.272 e. The van der Waals surface area contributed by atoms with Crippen LogP contribution in [0.5, 0.6) is 0 Å². The van der Waals surface area contributed by atoms with Gasteiger partial charge in [0.05, 0.1) is 11.3 Å². The van der Waals surface area contributed by atoms with Crippen molar-refractivity contribution in [3.8, 4) is 0 Å². The summed E-state index contributed by atoms with van der Waals surface area (Å²) in [5.41, 5.74) is 8.53. The molecule has 2 unspecified atom stereocenters. The number of aliphatic hydroxyl groups excluding tert-OH is 1. The molecule has 10 heteroatoms. The van der Waals surface area contributed by atoms with E-state index in [0.29, 0.717) is 0 Å². The van der Waals surface area contributed by atoms with Gasteiger partial charge in [-0.05, 0) is 23.6 Å². The molecule has 3 rings (SSSR count). The minimum atomic E-state index is -1.85. The number of primary amides is 1. The first-order valence-electron chi connectivity index (χ1n) is 9.97. The number of carbonyl (C=O) groups is 3. The summed E-state index contributed by atoms with van der Waals surface area (Å²) in [6.07, 6.45) is -1.66.